The van der Waals surface area contributed by atoms with Crippen LogP contribution in [0.5, 0.6) is 0 Å². The van der Waals surface area contributed by atoms with Crippen molar-refractivity contribution in [2.24, 2.45) is 5.92 Å². The molecule has 1 N–H and O–H groups in total. The van der Waals surface area contributed by atoms with Crippen LogP contribution in [0.2, 0.25) is 0 Å². The Labute approximate surface area is 77.2 Å². The molecule has 0 rings (SSSR count). The van der Waals surface area contributed by atoms with Gasteiger partial charge in [0.15, 0.2) is 0 Å². The lowest BCUT2D eigenvalue weighted by Gasteiger charge is -2.18. The quantitative estimate of drug-likeness (QED) is 0.603. The van der Waals surface area contributed by atoms with Crippen molar-refractivity contribution in [1.29, 1.82) is 0 Å². The van der Waals surface area contributed by atoms with Crippen molar-refractivity contribution in [2.75, 3.05) is 7.05 Å². The van der Waals surface area contributed by atoms with Gasteiger partial charge in [-0.3, -0.25) is 0 Å². The van der Waals surface area contributed by atoms with E-state index in [1.807, 2.05) is 7.05 Å². The predicted octanol–water partition coefficient (Wildman–Crippen LogP) is 2.98. The van der Waals surface area contributed by atoms with E-state index in [2.05, 4.69) is 32.7 Å². The Morgan fingerprint density at radius 3 is 2.33 bits per heavy atom. The van der Waals surface area contributed by atoms with Gasteiger partial charge < -0.3 is 5.32 Å². The van der Waals surface area contributed by atoms with Crippen LogP contribution in [0.15, 0.2) is 12.2 Å². The van der Waals surface area contributed by atoms with Gasteiger partial charge in [-0.05, 0) is 25.8 Å². The monoisotopic (exact) mass is 169 g/mol. The largest absolute Gasteiger partial charge is 0.317 e. The molecule has 0 saturated heterocycles. The lowest BCUT2D eigenvalue weighted by atomic mass is 9.96. The molecule has 1 unspecified atom stereocenters. The van der Waals surface area contributed by atoms with E-state index in [9.17, 15) is 0 Å². The highest BCUT2D eigenvalue weighted by atomic mass is 14.9. The number of hydrogen-bond acceptors (Lipinski definition) is 1. The lowest BCUT2D eigenvalue weighted by molar-refractivity contribution is 0.494. The Kier molecular flexibility index (Phi) is 6.09. The van der Waals surface area contributed by atoms with Crippen molar-refractivity contribution >= 4 is 0 Å². The normalized spacial score (nSPS) is 13.4. The smallest absolute Gasteiger partial charge is 0.0101 e. The third-order valence-corrected chi connectivity index (χ3v) is 2.37. The zero-order chi connectivity index (χ0) is 9.56. The molecule has 0 fully saturated rings. The van der Waals surface area contributed by atoms with Gasteiger partial charge in [0.05, 0.1) is 0 Å². The molecule has 0 aliphatic carbocycles. The average molecular weight is 169 g/mol. The van der Waals surface area contributed by atoms with Gasteiger partial charge in [0.1, 0.15) is 0 Å². The van der Waals surface area contributed by atoms with E-state index >= 15 is 0 Å². The second-order valence-corrected chi connectivity index (χ2v) is 3.79. The molecule has 0 bridgehead atoms. The average Bonchev–Trinajstić information content (AvgIpc) is 2.03. The molecule has 0 spiro atoms. The van der Waals surface area contributed by atoms with Crippen molar-refractivity contribution in [2.45, 2.75) is 46.1 Å². The Balaban J connectivity index is 3.77. The second-order valence-electron chi connectivity index (χ2n) is 3.79. The highest BCUT2D eigenvalue weighted by Crippen LogP contribution is 2.15. The standard InChI is InChI=1S/C11H23N/c1-6-7-11(12-5)8-10(4)9(2)3/h9,11-12H,4,6-8H2,1-3,5H3. The molecule has 0 heterocycles. The van der Waals surface area contributed by atoms with Crippen molar-refractivity contribution < 1.29 is 0 Å². The summed E-state index contributed by atoms with van der Waals surface area (Å²) in [5.74, 6) is 0.623. The summed E-state index contributed by atoms with van der Waals surface area (Å²) in [6, 6.07) is 0.630. The summed E-state index contributed by atoms with van der Waals surface area (Å²) >= 11 is 0. The molecule has 72 valence electrons. The first kappa shape index (κ1) is 11.7. The minimum Gasteiger partial charge on any atom is -0.317 e. The van der Waals surface area contributed by atoms with Gasteiger partial charge in [-0.2, -0.15) is 0 Å². The maximum absolute atomic E-state index is 4.08. The number of rotatable bonds is 6. The van der Waals surface area contributed by atoms with Gasteiger partial charge in [-0.15, -0.1) is 0 Å². The van der Waals surface area contributed by atoms with Gasteiger partial charge in [-0.1, -0.05) is 39.3 Å². The SMILES string of the molecule is C=C(CC(CCC)NC)C(C)C. The molecular weight excluding hydrogens is 146 g/mol. The first-order chi connectivity index (χ1) is 5.61. The molecule has 12 heavy (non-hydrogen) atoms. The van der Waals surface area contributed by atoms with Crippen molar-refractivity contribution in [3.8, 4) is 0 Å². The van der Waals surface area contributed by atoms with Gasteiger partial charge in [0, 0.05) is 6.04 Å². The van der Waals surface area contributed by atoms with Gasteiger partial charge >= 0.3 is 0 Å². The lowest BCUT2D eigenvalue weighted by Crippen LogP contribution is -2.25. The Morgan fingerprint density at radius 1 is 1.42 bits per heavy atom. The van der Waals surface area contributed by atoms with E-state index < -0.39 is 0 Å². The van der Waals surface area contributed by atoms with E-state index in [1.165, 1.54) is 18.4 Å². The number of hydrogen-bond donors (Lipinski definition) is 1. The summed E-state index contributed by atoms with van der Waals surface area (Å²) in [4.78, 5) is 0. The Morgan fingerprint density at radius 2 is 2.00 bits per heavy atom. The van der Waals surface area contributed by atoms with Crippen LogP contribution in [0.1, 0.15) is 40.0 Å². The van der Waals surface area contributed by atoms with Crippen LogP contribution in [0, 0.1) is 5.92 Å². The third kappa shape index (κ3) is 4.55. The molecule has 0 amide bonds. The fraction of sp³-hybridized carbons (Fsp3) is 0.818. The van der Waals surface area contributed by atoms with Gasteiger partial charge in [0.25, 0.3) is 0 Å². The molecule has 0 aliphatic rings. The molecule has 1 nitrogen and oxygen atoms in total. The van der Waals surface area contributed by atoms with Crippen LogP contribution in [-0.4, -0.2) is 13.1 Å². The van der Waals surface area contributed by atoms with E-state index in [1.54, 1.807) is 0 Å². The van der Waals surface area contributed by atoms with Gasteiger partial charge in [-0.25, -0.2) is 0 Å². The first-order valence-electron chi connectivity index (χ1n) is 4.96. The summed E-state index contributed by atoms with van der Waals surface area (Å²) in [6.07, 6.45) is 3.63. The molecule has 0 saturated carbocycles. The van der Waals surface area contributed by atoms with Crippen molar-refractivity contribution in [3.05, 3.63) is 12.2 Å². The molecular formula is C11H23N. The summed E-state index contributed by atoms with van der Waals surface area (Å²) in [5.41, 5.74) is 1.36. The fourth-order valence-electron chi connectivity index (χ4n) is 1.25. The third-order valence-electron chi connectivity index (χ3n) is 2.37. The minimum atomic E-state index is 0.623. The zero-order valence-electron chi connectivity index (χ0n) is 8.98. The highest BCUT2D eigenvalue weighted by Gasteiger charge is 2.08. The maximum atomic E-state index is 4.08. The summed E-state index contributed by atoms with van der Waals surface area (Å²) in [7, 11) is 2.04. The molecule has 1 heteroatoms. The Bertz CT molecular complexity index is 127. The van der Waals surface area contributed by atoms with E-state index in [4.69, 9.17) is 0 Å². The van der Waals surface area contributed by atoms with E-state index in [0.29, 0.717) is 12.0 Å². The minimum absolute atomic E-state index is 0.623. The molecule has 1 atom stereocenters. The molecule has 0 radical (unpaired) electrons. The summed E-state index contributed by atoms with van der Waals surface area (Å²) < 4.78 is 0. The van der Waals surface area contributed by atoms with Crippen LogP contribution < -0.4 is 5.32 Å². The summed E-state index contributed by atoms with van der Waals surface area (Å²) in [5, 5.41) is 3.33. The molecule has 0 aromatic carbocycles. The predicted molar refractivity (Wildman–Crippen MR) is 56.4 cm³/mol. The van der Waals surface area contributed by atoms with E-state index in [0.717, 1.165) is 6.42 Å². The maximum Gasteiger partial charge on any atom is 0.0101 e. The Hall–Kier alpha value is -0.300. The number of nitrogens with one attached hydrogen (secondary N) is 1. The van der Waals surface area contributed by atoms with Gasteiger partial charge in [0.2, 0.25) is 0 Å². The molecule has 0 aromatic heterocycles. The van der Waals surface area contributed by atoms with E-state index in [-0.39, 0.29) is 0 Å². The zero-order valence-corrected chi connectivity index (χ0v) is 8.98. The van der Waals surface area contributed by atoms with Crippen LogP contribution >= 0.6 is 0 Å². The molecule has 0 aliphatic heterocycles. The fourth-order valence-corrected chi connectivity index (χ4v) is 1.25. The van der Waals surface area contributed by atoms with Crippen LogP contribution in [0.25, 0.3) is 0 Å². The van der Waals surface area contributed by atoms with Crippen LogP contribution in [-0.2, 0) is 0 Å². The topological polar surface area (TPSA) is 12.0 Å². The second kappa shape index (κ2) is 6.24. The highest BCUT2D eigenvalue weighted by molar-refractivity contribution is 5.00. The van der Waals surface area contributed by atoms with Crippen LogP contribution in [0.4, 0.5) is 0 Å². The van der Waals surface area contributed by atoms with Crippen LogP contribution in [0.3, 0.4) is 0 Å². The van der Waals surface area contributed by atoms with Crippen molar-refractivity contribution in [3.63, 3.8) is 0 Å². The van der Waals surface area contributed by atoms with Crippen molar-refractivity contribution in [1.82, 2.24) is 5.32 Å². The first-order valence-corrected chi connectivity index (χ1v) is 4.96. The summed E-state index contributed by atoms with van der Waals surface area (Å²) in [6.45, 7) is 10.7. The molecule has 0 aromatic rings.